The molecule has 1 heterocycles. The number of sulfone groups is 1. The van der Waals surface area contributed by atoms with Gasteiger partial charge in [0.15, 0.2) is 0 Å². The SMILES string of the molecule is CS(=O)(=O)CCCC(=O)N1CCOc2ccccc2C1CO. The van der Waals surface area contributed by atoms with Crippen molar-refractivity contribution in [2.75, 3.05) is 31.8 Å². The van der Waals surface area contributed by atoms with Gasteiger partial charge >= 0.3 is 0 Å². The zero-order valence-corrected chi connectivity index (χ0v) is 13.4. The first kappa shape index (κ1) is 16.8. The lowest BCUT2D eigenvalue weighted by Gasteiger charge is -2.28. The van der Waals surface area contributed by atoms with Crippen molar-refractivity contribution in [1.82, 2.24) is 4.90 Å². The van der Waals surface area contributed by atoms with E-state index in [0.29, 0.717) is 18.9 Å². The Bertz CT molecular complexity index is 629. The van der Waals surface area contributed by atoms with Crippen molar-refractivity contribution in [3.8, 4) is 5.75 Å². The van der Waals surface area contributed by atoms with E-state index in [4.69, 9.17) is 4.74 Å². The molecule has 0 spiro atoms. The molecule has 122 valence electrons. The second-order valence-electron chi connectivity index (χ2n) is 5.41. The lowest BCUT2D eigenvalue weighted by atomic mass is 10.0. The number of hydrogen-bond acceptors (Lipinski definition) is 5. The van der Waals surface area contributed by atoms with E-state index in [2.05, 4.69) is 0 Å². The molecule has 0 saturated carbocycles. The van der Waals surface area contributed by atoms with E-state index in [9.17, 15) is 18.3 Å². The first-order valence-electron chi connectivity index (χ1n) is 7.22. The number of ether oxygens (including phenoxy) is 1. The zero-order chi connectivity index (χ0) is 16.2. The van der Waals surface area contributed by atoms with Gasteiger partial charge < -0.3 is 14.7 Å². The third-order valence-electron chi connectivity index (χ3n) is 3.64. The predicted molar refractivity (Wildman–Crippen MR) is 82.4 cm³/mol. The van der Waals surface area contributed by atoms with Gasteiger partial charge in [0.05, 0.1) is 24.9 Å². The van der Waals surface area contributed by atoms with Gasteiger partial charge in [0.25, 0.3) is 0 Å². The molecule has 0 saturated heterocycles. The predicted octanol–water partition coefficient (Wildman–Crippen LogP) is 0.766. The van der Waals surface area contributed by atoms with E-state index in [-0.39, 0.29) is 31.1 Å². The number of nitrogens with zero attached hydrogens (tertiary/aromatic N) is 1. The minimum absolute atomic E-state index is 0.0105. The third-order valence-corrected chi connectivity index (χ3v) is 4.67. The second kappa shape index (κ2) is 7.11. The molecule has 0 bridgehead atoms. The molecule has 1 aliphatic heterocycles. The Morgan fingerprint density at radius 2 is 2.14 bits per heavy atom. The van der Waals surface area contributed by atoms with Crippen molar-refractivity contribution in [2.45, 2.75) is 18.9 Å². The van der Waals surface area contributed by atoms with Crippen LogP contribution in [0.1, 0.15) is 24.4 Å². The van der Waals surface area contributed by atoms with Crippen LogP contribution in [-0.2, 0) is 14.6 Å². The molecule has 1 aromatic carbocycles. The molecule has 0 aliphatic carbocycles. The summed E-state index contributed by atoms with van der Waals surface area (Å²) in [5.74, 6) is 0.500. The quantitative estimate of drug-likeness (QED) is 0.863. The first-order valence-corrected chi connectivity index (χ1v) is 9.28. The van der Waals surface area contributed by atoms with Crippen molar-refractivity contribution >= 4 is 15.7 Å². The van der Waals surface area contributed by atoms with Gasteiger partial charge in [-0.05, 0) is 12.5 Å². The van der Waals surface area contributed by atoms with Crippen LogP contribution in [0.15, 0.2) is 24.3 Å². The number of fused-ring (bicyclic) bond motifs is 1. The maximum atomic E-state index is 12.4. The Hall–Kier alpha value is -1.60. The molecule has 0 fully saturated rings. The summed E-state index contributed by atoms with van der Waals surface area (Å²) in [7, 11) is -3.07. The highest BCUT2D eigenvalue weighted by molar-refractivity contribution is 7.90. The molecule has 0 aromatic heterocycles. The molecule has 1 unspecified atom stereocenters. The number of carbonyl (C=O) groups excluding carboxylic acids is 1. The molecule has 22 heavy (non-hydrogen) atoms. The van der Waals surface area contributed by atoms with Gasteiger partial charge in [-0.25, -0.2) is 8.42 Å². The number of aliphatic hydroxyl groups is 1. The van der Waals surface area contributed by atoms with Crippen LogP contribution in [0.2, 0.25) is 0 Å². The highest BCUT2D eigenvalue weighted by atomic mass is 32.2. The van der Waals surface area contributed by atoms with Crippen molar-refractivity contribution in [3.05, 3.63) is 29.8 Å². The number of carbonyl (C=O) groups is 1. The largest absolute Gasteiger partial charge is 0.491 e. The van der Waals surface area contributed by atoms with Crippen molar-refractivity contribution in [2.24, 2.45) is 0 Å². The zero-order valence-electron chi connectivity index (χ0n) is 12.6. The summed E-state index contributed by atoms with van der Waals surface area (Å²) in [6.07, 6.45) is 1.59. The molecular weight excluding hydrogens is 306 g/mol. The van der Waals surface area contributed by atoms with E-state index < -0.39 is 15.9 Å². The van der Waals surface area contributed by atoms with Crippen LogP contribution < -0.4 is 4.74 Å². The van der Waals surface area contributed by atoms with E-state index in [0.717, 1.165) is 11.8 Å². The Morgan fingerprint density at radius 3 is 2.82 bits per heavy atom. The normalized spacial score (nSPS) is 18.3. The molecule has 1 N–H and O–H groups in total. The molecule has 1 aliphatic rings. The highest BCUT2D eigenvalue weighted by Gasteiger charge is 2.29. The Labute approximate surface area is 130 Å². The molecule has 2 rings (SSSR count). The van der Waals surface area contributed by atoms with Crippen molar-refractivity contribution < 1.29 is 23.1 Å². The van der Waals surface area contributed by atoms with E-state index >= 15 is 0 Å². The van der Waals surface area contributed by atoms with E-state index in [1.54, 1.807) is 4.90 Å². The van der Waals surface area contributed by atoms with Crippen LogP contribution in [0, 0.1) is 0 Å². The number of amides is 1. The topological polar surface area (TPSA) is 83.9 Å². The van der Waals surface area contributed by atoms with Crippen LogP contribution >= 0.6 is 0 Å². The van der Waals surface area contributed by atoms with Crippen LogP contribution in [0.3, 0.4) is 0 Å². The number of rotatable bonds is 5. The fourth-order valence-corrected chi connectivity index (χ4v) is 3.26. The Kier molecular flexibility index (Phi) is 5.42. The standard InChI is InChI=1S/C15H21NO5S/c1-22(19,20)10-4-7-15(18)16-8-9-21-14-6-3-2-5-12(14)13(16)11-17/h2-3,5-6,13,17H,4,7-11H2,1H3. The Morgan fingerprint density at radius 1 is 1.41 bits per heavy atom. The maximum Gasteiger partial charge on any atom is 0.223 e. The Balaban J connectivity index is 2.11. The summed E-state index contributed by atoms with van der Waals surface area (Å²) in [5, 5.41) is 9.69. The van der Waals surface area contributed by atoms with Crippen molar-refractivity contribution in [3.63, 3.8) is 0 Å². The van der Waals surface area contributed by atoms with E-state index in [1.165, 1.54) is 0 Å². The lowest BCUT2D eigenvalue weighted by molar-refractivity contribution is -0.134. The molecule has 1 amide bonds. The molecule has 6 nitrogen and oxygen atoms in total. The summed E-state index contributed by atoms with van der Waals surface area (Å²) in [6.45, 7) is 0.529. The molecule has 1 atom stereocenters. The van der Waals surface area contributed by atoms with Gasteiger partial charge in [-0.1, -0.05) is 18.2 Å². The van der Waals surface area contributed by atoms with Gasteiger partial charge in [0.1, 0.15) is 22.2 Å². The smallest absolute Gasteiger partial charge is 0.223 e. The van der Waals surface area contributed by atoms with Gasteiger partial charge in [-0.3, -0.25) is 4.79 Å². The molecule has 1 aromatic rings. The average Bonchev–Trinajstić information content (AvgIpc) is 2.64. The van der Waals surface area contributed by atoms with Gasteiger partial charge in [-0.2, -0.15) is 0 Å². The summed E-state index contributed by atoms with van der Waals surface area (Å²) in [4.78, 5) is 14.0. The van der Waals surface area contributed by atoms with Crippen LogP contribution in [-0.4, -0.2) is 56.1 Å². The van der Waals surface area contributed by atoms with Gasteiger partial charge in [-0.15, -0.1) is 0 Å². The molecular formula is C15H21NO5S. The maximum absolute atomic E-state index is 12.4. The number of hydrogen-bond donors (Lipinski definition) is 1. The minimum Gasteiger partial charge on any atom is -0.491 e. The fourth-order valence-electron chi connectivity index (χ4n) is 2.59. The summed E-state index contributed by atoms with van der Waals surface area (Å²) in [5.41, 5.74) is 0.777. The molecule has 7 heteroatoms. The summed E-state index contributed by atoms with van der Waals surface area (Å²) in [6, 6.07) is 6.87. The average molecular weight is 327 g/mol. The van der Waals surface area contributed by atoms with Crippen LogP contribution in [0.25, 0.3) is 0 Å². The first-order chi connectivity index (χ1) is 10.4. The lowest BCUT2D eigenvalue weighted by Crippen LogP contribution is -2.38. The number of aliphatic hydroxyl groups excluding tert-OH is 1. The van der Waals surface area contributed by atoms with Crippen molar-refractivity contribution in [1.29, 1.82) is 0 Å². The third kappa shape index (κ3) is 4.20. The van der Waals surface area contributed by atoms with Gasteiger partial charge in [0.2, 0.25) is 5.91 Å². The number of benzene rings is 1. The molecule has 0 radical (unpaired) electrons. The highest BCUT2D eigenvalue weighted by Crippen LogP contribution is 2.31. The summed E-state index contributed by atoms with van der Waals surface area (Å²) < 4.78 is 27.9. The van der Waals surface area contributed by atoms with E-state index in [1.807, 2.05) is 24.3 Å². The number of para-hydroxylation sites is 1. The van der Waals surface area contributed by atoms with Gasteiger partial charge in [0, 0.05) is 18.2 Å². The fraction of sp³-hybridized carbons (Fsp3) is 0.533. The van der Waals surface area contributed by atoms with Crippen LogP contribution in [0.5, 0.6) is 5.75 Å². The minimum atomic E-state index is -3.07. The second-order valence-corrected chi connectivity index (χ2v) is 7.66. The summed E-state index contributed by atoms with van der Waals surface area (Å²) >= 11 is 0. The monoisotopic (exact) mass is 327 g/mol. The van der Waals surface area contributed by atoms with Crippen LogP contribution in [0.4, 0.5) is 0 Å².